The molecule has 0 bridgehead atoms. The van der Waals surface area contributed by atoms with Gasteiger partial charge in [-0.05, 0) is 37.6 Å². The number of hydrogen-bond acceptors (Lipinski definition) is 4. The first-order valence-electron chi connectivity index (χ1n) is 5.97. The van der Waals surface area contributed by atoms with E-state index in [1.54, 1.807) is 7.11 Å². The van der Waals surface area contributed by atoms with Crippen molar-refractivity contribution in [3.05, 3.63) is 35.4 Å². The molecule has 0 aliphatic heterocycles. The van der Waals surface area contributed by atoms with Crippen LogP contribution in [0.2, 0.25) is 0 Å². The molecule has 0 spiro atoms. The molecule has 2 rings (SSSR count). The number of nitrogens with zero attached hydrogens (tertiary/aromatic N) is 1. The summed E-state index contributed by atoms with van der Waals surface area (Å²) < 4.78 is 10.8. The molecule has 0 aliphatic rings. The third-order valence-electron chi connectivity index (χ3n) is 2.87. The van der Waals surface area contributed by atoms with E-state index < -0.39 is 0 Å². The molecular formula is C14H18N2O2. The Morgan fingerprint density at radius 2 is 2.11 bits per heavy atom. The van der Waals surface area contributed by atoms with Gasteiger partial charge in [-0.3, -0.25) is 0 Å². The number of ether oxygens (including phenoxy) is 1. The summed E-state index contributed by atoms with van der Waals surface area (Å²) in [6.45, 7) is 4.47. The van der Waals surface area contributed by atoms with E-state index in [9.17, 15) is 0 Å². The first-order chi connectivity index (χ1) is 8.65. The van der Waals surface area contributed by atoms with Crippen LogP contribution in [0.4, 0.5) is 0 Å². The average Bonchev–Trinajstić information content (AvgIpc) is 2.71. The monoisotopic (exact) mass is 246 g/mol. The van der Waals surface area contributed by atoms with Gasteiger partial charge in [0, 0.05) is 18.5 Å². The van der Waals surface area contributed by atoms with Gasteiger partial charge in [0.2, 0.25) is 0 Å². The van der Waals surface area contributed by atoms with Gasteiger partial charge < -0.3 is 14.9 Å². The normalized spacial score (nSPS) is 10.7. The summed E-state index contributed by atoms with van der Waals surface area (Å²) in [4.78, 5) is 4.48. The van der Waals surface area contributed by atoms with E-state index >= 15 is 0 Å². The third-order valence-corrected chi connectivity index (χ3v) is 2.87. The Balaban J connectivity index is 2.39. The highest BCUT2D eigenvalue weighted by Gasteiger charge is 2.12. The van der Waals surface area contributed by atoms with Crippen LogP contribution >= 0.6 is 0 Å². The lowest BCUT2D eigenvalue weighted by molar-refractivity contribution is 0.412. The van der Waals surface area contributed by atoms with Gasteiger partial charge in [0.05, 0.1) is 7.11 Å². The number of hydrogen-bond donors (Lipinski definition) is 1. The van der Waals surface area contributed by atoms with Gasteiger partial charge in [-0.1, -0.05) is 0 Å². The van der Waals surface area contributed by atoms with Crippen molar-refractivity contribution in [1.29, 1.82) is 0 Å². The van der Waals surface area contributed by atoms with Crippen molar-refractivity contribution in [3.63, 3.8) is 0 Å². The molecule has 18 heavy (non-hydrogen) atoms. The molecule has 4 nitrogen and oxygen atoms in total. The molecule has 0 atom stereocenters. The largest absolute Gasteiger partial charge is 0.496 e. The molecule has 0 unspecified atom stereocenters. The number of nitrogens with two attached hydrogens (primary N) is 1. The molecule has 2 aromatic rings. The summed E-state index contributed by atoms with van der Waals surface area (Å²) in [5.74, 6) is 2.39. The number of benzene rings is 1. The van der Waals surface area contributed by atoms with E-state index in [-0.39, 0.29) is 0 Å². The fourth-order valence-corrected chi connectivity index (χ4v) is 1.98. The van der Waals surface area contributed by atoms with Crippen molar-refractivity contribution in [2.24, 2.45) is 5.73 Å². The van der Waals surface area contributed by atoms with Crippen molar-refractivity contribution in [3.8, 4) is 17.0 Å². The van der Waals surface area contributed by atoms with E-state index in [0.717, 1.165) is 28.3 Å². The minimum Gasteiger partial charge on any atom is -0.496 e. The molecule has 2 N–H and O–H groups in total. The lowest BCUT2D eigenvalue weighted by Crippen LogP contribution is -2.02. The summed E-state index contributed by atoms with van der Waals surface area (Å²) in [6, 6.07) is 5.99. The summed E-state index contributed by atoms with van der Waals surface area (Å²) in [5.41, 5.74) is 8.50. The Morgan fingerprint density at radius 3 is 2.72 bits per heavy atom. The highest BCUT2D eigenvalue weighted by molar-refractivity contribution is 5.63. The van der Waals surface area contributed by atoms with Crippen molar-refractivity contribution < 1.29 is 9.15 Å². The lowest BCUT2D eigenvalue weighted by atomic mass is 10.1. The van der Waals surface area contributed by atoms with Crippen molar-refractivity contribution in [2.75, 3.05) is 13.7 Å². The highest BCUT2D eigenvalue weighted by Crippen LogP contribution is 2.28. The first-order valence-corrected chi connectivity index (χ1v) is 5.97. The van der Waals surface area contributed by atoms with Crippen LogP contribution < -0.4 is 10.5 Å². The maximum Gasteiger partial charge on any atom is 0.196 e. The Kier molecular flexibility index (Phi) is 3.67. The molecule has 0 radical (unpaired) electrons. The Labute approximate surface area is 107 Å². The Bertz CT molecular complexity index is 547. The molecule has 0 amide bonds. The Morgan fingerprint density at radius 1 is 1.33 bits per heavy atom. The van der Waals surface area contributed by atoms with E-state index in [1.165, 1.54) is 0 Å². The predicted molar refractivity (Wildman–Crippen MR) is 70.7 cm³/mol. The molecule has 96 valence electrons. The van der Waals surface area contributed by atoms with Crippen LogP contribution in [0.15, 0.2) is 22.6 Å². The molecule has 0 fully saturated rings. The average molecular weight is 246 g/mol. The van der Waals surface area contributed by atoms with Crippen molar-refractivity contribution in [1.82, 2.24) is 4.98 Å². The van der Waals surface area contributed by atoms with Crippen LogP contribution in [0.25, 0.3) is 11.3 Å². The van der Waals surface area contributed by atoms with Gasteiger partial charge in [0.1, 0.15) is 17.2 Å². The zero-order chi connectivity index (χ0) is 13.1. The summed E-state index contributed by atoms with van der Waals surface area (Å²) in [5, 5.41) is 0. The van der Waals surface area contributed by atoms with Crippen molar-refractivity contribution in [2.45, 2.75) is 20.3 Å². The molecule has 0 aliphatic carbocycles. The standard InChI is InChI=1S/C14H18N2O2/c1-9-8-11(4-5-12(9)17-3)14-10(2)18-13(16-14)6-7-15/h4-5,8H,6-7,15H2,1-3H3. The third kappa shape index (κ3) is 2.38. The van der Waals surface area contributed by atoms with Gasteiger partial charge in [-0.15, -0.1) is 0 Å². The fourth-order valence-electron chi connectivity index (χ4n) is 1.98. The highest BCUT2D eigenvalue weighted by atomic mass is 16.5. The minimum atomic E-state index is 0.543. The predicted octanol–water partition coefficient (Wildman–Crippen LogP) is 2.47. The molecule has 0 saturated carbocycles. The second-order valence-electron chi connectivity index (χ2n) is 4.24. The maximum atomic E-state index is 5.58. The summed E-state index contributed by atoms with van der Waals surface area (Å²) >= 11 is 0. The van der Waals surface area contributed by atoms with Crippen molar-refractivity contribution >= 4 is 0 Å². The molecule has 4 heteroatoms. The lowest BCUT2D eigenvalue weighted by Gasteiger charge is -2.05. The molecule has 1 aromatic heterocycles. The first kappa shape index (κ1) is 12.6. The SMILES string of the molecule is COc1ccc(-c2nc(CCN)oc2C)cc1C. The number of aromatic nitrogens is 1. The number of aryl methyl sites for hydroxylation is 2. The molecule has 1 aromatic carbocycles. The fraction of sp³-hybridized carbons (Fsp3) is 0.357. The van der Waals surface area contributed by atoms with Gasteiger partial charge >= 0.3 is 0 Å². The van der Waals surface area contributed by atoms with Crippen LogP contribution in [-0.2, 0) is 6.42 Å². The number of rotatable bonds is 4. The topological polar surface area (TPSA) is 61.3 Å². The second kappa shape index (κ2) is 5.23. The zero-order valence-electron chi connectivity index (χ0n) is 11.0. The second-order valence-corrected chi connectivity index (χ2v) is 4.24. The molecule has 0 saturated heterocycles. The van der Waals surface area contributed by atoms with Crippen LogP contribution in [-0.4, -0.2) is 18.6 Å². The number of methoxy groups -OCH3 is 1. The summed E-state index contributed by atoms with van der Waals surface area (Å²) in [6.07, 6.45) is 0.663. The number of oxazole rings is 1. The zero-order valence-corrected chi connectivity index (χ0v) is 11.0. The van der Waals surface area contributed by atoms with Gasteiger partial charge in [0.15, 0.2) is 5.89 Å². The smallest absolute Gasteiger partial charge is 0.196 e. The van der Waals surface area contributed by atoms with Crippen LogP contribution in [0.1, 0.15) is 17.2 Å². The summed E-state index contributed by atoms with van der Waals surface area (Å²) in [7, 11) is 1.67. The maximum absolute atomic E-state index is 5.58. The van der Waals surface area contributed by atoms with E-state index in [4.69, 9.17) is 14.9 Å². The molecule has 1 heterocycles. The van der Waals surface area contributed by atoms with Crippen LogP contribution in [0, 0.1) is 13.8 Å². The van der Waals surface area contributed by atoms with E-state index in [0.29, 0.717) is 18.9 Å². The van der Waals surface area contributed by atoms with Gasteiger partial charge in [-0.2, -0.15) is 0 Å². The van der Waals surface area contributed by atoms with E-state index in [2.05, 4.69) is 11.1 Å². The van der Waals surface area contributed by atoms with Gasteiger partial charge in [-0.25, -0.2) is 4.98 Å². The van der Waals surface area contributed by atoms with E-state index in [1.807, 2.05) is 26.0 Å². The Hall–Kier alpha value is -1.81. The van der Waals surface area contributed by atoms with Crippen LogP contribution in [0.5, 0.6) is 5.75 Å². The van der Waals surface area contributed by atoms with Gasteiger partial charge in [0.25, 0.3) is 0 Å². The molecular weight excluding hydrogens is 228 g/mol. The minimum absolute atomic E-state index is 0.543. The van der Waals surface area contributed by atoms with Crippen LogP contribution in [0.3, 0.4) is 0 Å². The quantitative estimate of drug-likeness (QED) is 0.900.